The highest BCUT2D eigenvalue weighted by atomic mass is 79.9. The minimum atomic E-state index is -0.233. The van der Waals surface area contributed by atoms with Crippen molar-refractivity contribution in [2.45, 2.75) is 10.9 Å². The van der Waals surface area contributed by atoms with E-state index in [0.29, 0.717) is 11.5 Å². The van der Waals surface area contributed by atoms with Crippen LogP contribution in [0.15, 0.2) is 45.8 Å². The molecule has 0 aliphatic rings. The zero-order chi connectivity index (χ0) is 15.4. The lowest BCUT2D eigenvalue weighted by atomic mass is 9.99. The van der Waals surface area contributed by atoms with Crippen LogP contribution in [0.25, 0.3) is 0 Å². The van der Waals surface area contributed by atoms with Crippen molar-refractivity contribution in [3.8, 4) is 11.5 Å². The van der Waals surface area contributed by atoms with E-state index in [9.17, 15) is 0 Å². The van der Waals surface area contributed by atoms with Gasteiger partial charge < -0.3 is 15.2 Å². The van der Waals surface area contributed by atoms with Crippen molar-refractivity contribution < 1.29 is 9.47 Å². The van der Waals surface area contributed by atoms with Crippen molar-refractivity contribution in [3.05, 3.63) is 52.0 Å². The van der Waals surface area contributed by atoms with Gasteiger partial charge >= 0.3 is 0 Å². The van der Waals surface area contributed by atoms with Crippen LogP contribution in [0.2, 0.25) is 0 Å². The van der Waals surface area contributed by atoms with E-state index in [4.69, 9.17) is 15.2 Å². The molecule has 5 heteroatoms. The van der Waals surface area contributed by atoms with Gasteiger partial charge in [-0.1, -0.05) is 34.1 Å². The largest absolute Gasteiger partial charge is 0.493 e. The number of nitrogens with two attached hydrogens (primary N) is 1. The summed E-state index contributed by atoms with van der Waals surface area (Å²) < 4.78 is 11.6. The number of halogens is 1. The average molecular weight is 368 g/mol. The highest BCUT2D eigenvalue weighted by Crippen LogP contribution is 2.38. The van der Waals surface area contributed by atoms with Crippen molar-refractivity contribution in [2.75, 3.05) is 20.5 Å². The molecule has 0 heterocycles. The summed E-state index contributed by atoms with van der Waals surface area (Å²) in [6.45, 7) is 0. The molecule has 0 radical (unpaired) electrons. The second-order valence-electron chi connectivity index (χ2n) is 4.45. The Morgan fingerprint density at radius 2 is 1.67 bits per heavy atom. The molecule has 1 atom stereocenters. The SMILES string of the molecule is COc1cc(Br)c(C(N)c2ccccc2SC)cc1OC. The standard InChI is InChI=1S/C16H18BrNO2S/c1-19-13-8-11(12(17)9-14(13)20-2)16(18)10-6-4-5-7-15(10)21-3/h4-9,16H,18H2,1-3H3. The molecule has 0 amide bonds. The van der Waals surface area contributed by atoms with E-state index in [1.54, 1.807) is 26.0 Å². The number of hydrogen-bond acceptors (Lipinski definition) is 4. The third kappa shape index (κ3) is 3.36. The molecule has 2 aromatic carbocycles. The molecule has 2 aromatic rings. The Morgan fingerprint density at radius 3 is 2.29 bits per heavy atom. The van der Waals surface area contributed by atoms with Gasteiger partial charge in [0.05, 0.1) is 20.3 Å². The molecule has 0 aliphatic carbocycles. The van der Waals surface area contributed by atoms with Gasteiger partial charge in [0, 0.05) is 9.37 Å². The Kier molecular flexibility index (Phi) is 5.56. The van der Waals surface area contributed by atoms with E-state index in [2.05, 4.69) is 34.3 Å². The molecule has 3 nitrogen and oxygen atoms in total. The second-order valence-corrected chi connectivity index (χ2v) is 6.15. The van der Waals surface area contributed by atoms with Crippen LogP contribution in [0.1, 0.15) is 17.2 Å². The lowest BCUT2D eigenvalue weighted by molar-refractivity contribution is 0.354. The van der Waals surface area contributed by atoms with Crippen LogP contribution < -0.4 is 15.2 Å². The van der Waals surface area contributed by atoms with Crippen LogP contribution in [-0.4, -0.2) is 20.5 Å². The lowest BCUT2D eigenvalue weighted by Crippen LogP contribution is -2.14. The number of ether oxygens (including phenoxy) is 2. The van der Waals surface area contributed by atoms with E-state index in [-0.39, 0.29) is 6.04 Å². The van der Waals surface area contributed by atoms with Gasteiger partial charge in [0.25, 0.3) is 0 Å². The minimum absolute atomic E-state index is 0.233. The minimum Gasteiger partial charge on any atom is -0.493 e. The highest BCUT2D eigenvalue weighted by Gasteiger charge is 2.18. The lowest BCUT2D eigenvalue weighted by Gasteiger charge is -2.19. The smallest absolute Gasteiger partial charge is 0.161 e. The summed E-state index contributed by atoms with van der Waals surface area (Å²) in [5.41, 5.74) is 8.53. The van der Waals surface area contributed by atoms with Gasteiger partial charge in [-0.25, -0.2) is 0 Å². The first kappa shape index (κ1) is 16.2. The molecule has 21 heavy (non-hydrogen) atoms. The highest BCUT2D eigenvalue weighted by molar-refractivity contribution is 9.10. The van der Waals surface area contributed by atoms with Crippen molar-refractivity contribution >= 4 is 27.7 Å². The van der Waals surface area contributed by atoms with Crippen molar-refractivity contribution in [1.29, 1.82) is 0 Å². The van der Waals surface area contributed by atoms with Crippen LogP contribution in [0, 0.1) is 0 Å². The Hall–Kier alpha value is -1.17. The van der Waals surface area contributed by atoms with Crippen molar-refractivity contribution in [1.82, 2.24) is 0 Å². The van der Waals surface area contributed by atoms with E-state index in [0.717, 1.165) is 15.6 Å². The summed E-state index contributed by atoms with van der Waals surface area (Å²) in [5.74, 6) is 1.35. The maximum absolute atomic E-state index is 6.47. The van der Waals surface area contributed by atoms with Gasteiger partial charge in [-0.05, 0) is 35.6 Å². The monoisotopic (exact) mass is 367 g/mol. The summed E-state index contributed by atoms with van der Waals surface area (Å²) in [4.78, 5) is 1.17. The first-order valence-corrected chi connectivity index (χ1v) is 8.44. The van der Waals surface area contributed by atoms with E-state index < -0.39 is 0 Å². The Bertz CT molecular complexity index is 634. The fourth-order valence-corrected chi connectivity index (χ4v) is 3.41. The third-order valence-electron chi connectivity index (χ3n) is 3.31. The quantitative estimate of drug-likeness (QED) is 0.802. The van der Waals surface area contributed by atoms with E-state index in [1.165, 1.54) is 4.90 Å². The van der Waals surface area contributed by atoms with E-state index >= 15 is 0 Å². The summed E-state index contributed by atoms with van der Waals surface area (Å²) >= 11 is 5.26. The maximum atomic E-state index is 6.47. The molecule has 112 valence electrons. The summed E-state index contributed by atoms with van der Waals surface area (Å²) in [5, 5.41) is 0. The fraction of sp³-hybridized carbons (Fsp3) is 0.250. The van der Waals surface area contributed by atoms with Gasteiger partial charge in [-0.15, -0.1) is 11.8 Å². The molecule has 0 spiro atoms. The number of thioether (sulfide) groups is 1. The predicted octanol–water partition coefficient (Wildman–Crippen LogP) is 4.24. The first-order chi connectivity index (χ1) is 10.1. The van der Waals surface area contributed by atoms with Gasteiger partial charge in [-0.3, -0.25) is 0 Å². The van der Waals surface area contributed by atoms with Crippen molar-refractivity contribution in [2.24, 2.45) is 5.73 Å². The summed E-state index contributed by atoms with van der Waals surface area (Å²) in [6, 6.07) is 11.7. The van der Waals surface area contributed by atoms with E-state index in [1.807, 2.05) is 24.3 Å². The van der Waals surface area contributed by atoms with Gasteiger partial charge in [0.1, 0.15) is 0 Å². The zero-order valence-corrected chi connectivity index (χ0v) is 14.6. The average Bonchev–Trinajstić information content (AvgIpc) is 2.53. The maximum Gasteiger partial charge on any atom is 0.161 e. The van der Waals surface area contributed by atoms with Gasteiger partial charge in [0.15, 0.2) is 11.5 Å². The first-order valence-electron chi connectivity index (χ1n) is 6.42. The molecule has 0 saturated heterocycles. The molecule has 2 rings (SSSR count). The van der Waals surface area contributed by atoms with Crippen molar-refractivity contribution in [3.63, 3.8) is 0 Å². The summed E-state index contributed by atoms with van der Waals surface area (Å²) in [6.07, 6.45) is 2.05. The number of methoxy groups -OCH3 is 2. The van der Waals surface area contributed by atoms with Crippen LogP contribution in [0.5, 0.6) is 11.5 Å². The number of rotatable bonds is 5. The Morgan fingerprint density at radius 1 is 1.05 bits per heavy atom. The van der Waals surface area contributed by atoms with Crippen LogP contribution in [0.4, 0.5) is 0 Å². The molecule has 0 fully saturated rings. The molecule has 0 bridgehead atoms. The Labute approximate surface area is 138 Å². The molecular formula is C16H18BrNO2S. The normalized spacial score (nSPS) is 12.0. The molecule has 0 saturated carbocycles. The molecule has 2 N–H and O–H groups in total. The predicted molar refractivity (Wildman–Crippen MR) is 91.5 cm³/mol. The molecular weight excluding hydrogens is 350 g/mol. The number of hydrogen-bond donors (Lipinski definition) is 1. The second kappa shape index (κ2) is 7.20. The van der Waals surface area contributed by atoms with Crippen LogP contribution in [-0.2, 0) is 0 Å². The summed E-state index contributed by atoms with van der Waals surface area (Å²) in [7, 11) is 3.24. The van der Waals surface area contributed by atoms with Gasteiger partial charge in [0.2, 0.25) is 0 Å². The fourth-order valence-electron chi connectivity index (χ4n) is 2.20. The molecule has 1 unspecified atom stereocenters. The topological polar surface area (TPSA) is 44.5 Å². The zero-order valence-electron chi connectivity index (χ0n) is 12.2. The van der Waals surface area contributed by atoms with Crippen LogP contribution in [0.3, 0.4) is 0 Å². The van der Waals surface area contributed by atoms with Gasteiger partial charge in [-0.2, -0.15) is 0 Å². The molecule has 0 aromatic heterocycles. The van der Waals surface area contributed by atoms with Crippen LogP contribution >= 0.6 is 27.7 Å². The third-order valence-corrected chi connectivity index (χ3v) is 4.81. The Balaban J connectivity index is 2.50. The number of benzene rings is 2. The molecule has 0 aliphatic heterocycles.